The smallest absolute Gasteiger partial charge is 0.0169 e. The minimum Gasteiger partial charge on any atom is -0.0835 e. The van der Waals surface area contributed by atoms with Gasteiger partial charge in [-0.1, -0.05) is 23.8 Å². The Morgan fingerprint density at radius 3 is 3.11 bits per heavy atom. The summed E-state index contributed by atoms with van der Waals surface area (Å²) in [4.78, 5) is 0. The Labute approximate surface area is 54.3 Å². The van der Waals surface area contributed by atoms with E-state index in [4.69, 9.17) is 0 Å². The van der Waals surface area contributed by atoms with Gasteiger partial charge in [0.15, 0.2) is 0 Å². The van der Waals surface area contributed by atoms with E-state index in [0.29, 0.717) is 5.41 Å². The first-order valence-electron chi connectivity index (χ1n) is 3.83. The average Bonchev–Trinajstić information content (AvgIpc) is 2.55. The molecular formula is C9H8. The van der Waals surface area contributed by atoms with Crippen molar-refractivity contribution in [2.45, 2.75) is 6.42 Å². The number of allylic oxidation sites excluding steroid dienone is 4. The molecule has 5 aliphatic rings. The van der Waals surface area contributed by atoms with Crippen LogP contribution in [0.2, 0.25) is 0 Å². The molecule has 2 fully saturated rings. The van der Waals surface area contributed by atoms with Crippen molar-refractivity contribution in [2.24, 2.45) is 23.2 Å². The molecule has 0 heteroatoms. The van der Waals surface area contributed by atoms with Crippen LogP contribution < -0.4 is 0 Å². The van der Waals surface area contributed by atoms with Gasteiger partial charge < -0.3 is 0 Å². The molecule has 2 bridgehead atoms. The number of rotatable bonds is 0. The van der Waals surface area contributed by atoms with Crippen molar-refractivity contribution in [3.63, 3.8) is 0 Å². The van der Waals surface area contributed by atoms with E-state index < -0.39 is 0 Å². The lowest BCUT2D eigenvalue weighted by molar-refractivity contribution is 0.548. The molecule has 0 aromatic carbocycles. The summed E-state index contributed by atoms with van der Waals surface area (Å²) in [6.45, 7) is 0. The minimum atomic E-state index is 0.713. The van der Waals surface area contributed by atoms with E-state index in [1.807, 2.05) is 0 Å². The van der Waals surface area contributed by atoms with Crippen molar-refractivity contribution in [1.29, 1.82) is 0 Å². The molecule has 0 radical (unpaired) electrons. The summed E-state index contributed by atoms with van der Waals surface area (Å²) in [7, 11) is 0. The van der Waals surface area contributed by atoms with Gasteiger partial charge in [-0.05, 0) is 24.2 Å². The highest BCUT2D eigenvalue weighted by molar-refractivity contribution is 5.59. The second kappa shape index (κ2) is 0.681. The van der Waals surface area contributed by atoms with Crippen molar-refractivity contribution in [3.8, 4) is 0 Å². The summed E-state index contributed by atoms with van der Waals surface area (Å²) in [5.41, 5.74) is 2.48. The zero-order chi connectivity index (χ0) is 5.64. The number of hydrogen-bond acceptors (Lipinski definition) is 0. The van der Waals surface area contributed by atoms with E-state index in [0.717, 1.165) is 17.8 Å². The molecule has 44 valence electrons. The van der Waals surface area contributed by atoms with Gasteiger partial charge in [-0.3, -0.25) is 0 Å². The first-order valence-corrected chi connectivity index (χ1v) is 3.83. The molecule has 0 heterocycles. The third-order valence-corrected chi connectivity index (χ3v) is 3.75. The van der Waals surface area contributed by atoms with Crippen LogP contribution in [0.5, 0.6) is 0 Å². The van der Waals surface area contributed by atoms with Crippen molar-refractivity contribution in [2.75, 3.05) is 0 Å². The van der Waals surface area contributed by atoms with Crippen LogP contribution in [0, 0.1) is 23.2 Å². The van der Waals surface area contributed by atoms with Crippen molar-refractivity contribution < 1.29 is 0 Å². The van der Waals surface area contributed by atoms with Crippen LogP contribution >= 0.6 is 0 Å². The lowest BCUT2D eigenvalue weighted by Crippen LogP contribution is -2.03. The minimum absolute atomic E-state index is 0.713. The third kappa shape index (κ3) is 0.169. The predicted octanol–water partition coefficient (Wildman–Crippen LogP) is 1.75. The Balaban J connectivity index is 2.11. The van der Waals surface area contributed by atoms with Crippen molar-refractivity contribution >= 4 is 0 Å². The molecule has 0 aromatic heterocycles. The standard InChI is InChI=1S/C9H8/c1-2-5-4-6-7-8(6)9(5,7)3-1/h1,3-4,6-8H,2H2. The van der Waals surface area contributed by atoms with Gasteiger partial charge in [0, 0.05) is 5.41 Å². The molecule has 2 unspecified atom stereocenters. The summed E-state index contributed by atoms with van der Waals surface area (Å²) in [5, 5.41) is 0. The van der Waals surface area contributed by atoms with E-state index in [-0.39, 0.29) is 0 Å². The molecule has 5 aliphatic carbocycles. The first kappa shape index (κ1) is 3.60. The Kier molecular flexibility index (Phi) is 0.272. The molecule has 2 atom stereocenters. The summed E-state index contributed by atoms with van der Waals surface area (Å²) >= 11 is 0. The first-order chi connectivity index (χ1) is 4.44. The fourth-order valence-corrected chi connectivity index (χ4v) is 3.28. The topological polar surface area (TPSA) is 0 Å². The van der Waals surface area contributed by atoms with Crippen molar-refractivity contribution in [3.05, 3.63) is 23.8 Å². The van der Waals surface area contributed by atoms with Crippen LogP contribution in [0.15, 0.2) is 23.8 Å². The Morgan fingerprint density at radius 2 is 2.33 bits per heavy atom. The Hall–Kier alpha value is -0.520. The van der Waals surface area contributed by atoms with Crippen LogP contribution in [0.4, 0.5) is 0 Å². The fourth-order valence-electron chi connectivity index (χ4n) is 3.28. The molecule has 9 heavy (non-hydrogen) atoms. The van der Waals surface area contributed by atoms with Crippen LogP contribution in [-0.4, -0.2) is 0 Å². The molecular weight excluding hydrogens is 108 g/mol. The normalized spacial score (nSPS) is 69.3. The maximum atomic E-state index is 2.54. The van der Waals surface area contributed by atoms with Crippen LogP contribution in [0.3, 0.4) is 0 Å². The van der Waals surface area contributed by atoms with Gasteiger partial charge in [0.25, 0.3) is 0 Å². The van der Waals surface area contributed by atoms with Gasteiger partial charge >= 0.3 is 0 Å². The number of hydrogen-bond donors (Lipinski definition) is 0. The van der Waals surface area contributed by atoms with Gasteiger partial charge in [0.1, 0.15) is 0 Å². The molecule has 0 amide bonds. The Bertz CT molecular complexity index is 260. The zero-order valence-electron chi connectivity index (χ0n) is 5.17. The second-order valence-corrected chi connectivity index (χ2v) is 3.86. The molecule has 0 nitrogen and oxygen atoms in total. The highest BCUT2D eigenvalue weighted by Crippen LogP contribution is 2.91. The molecule has 5 rings (SSSR count). The SMILES string of the molecule is C1=CC23C(=CC4C2C43)C1. The lowest BCUT2D eigenvalue weighted by atomic mass is 9.94. The quantitative estimate of drug-likeness (QED) is 0.423. The zero-order valence-corrected chi connectivity index (χ0v) is 5.17. The summed E-state index contributed by atoms with van der Waals surface area (Å²) in [6.07, 6.45) is 8.64. The van der Waals surface area contributed by atoms with E-state index in [1.165, 1.54) is 6.42 Å². The largest absolute Gasteiger partial charge is 0.0835 e. The van der Waals surface area contributed by atoms with E-state index in [1.54, 1.807) is 5.57 Å². The van der Waals surface area contributed by atoms with Gasteiger partial charge in [0.05, 0.1) is 0 Å². The third-order valence-electron chi connectivity index (χ3n) is 3.75. The molecule has 0 saturated heterocycles. The molecule has 0 N–H and O–H groups in total. The fraction of sp³-hybridized carbons (Fsp3) is 0.556. The predicted molar refractivity (Wildman–Crippen MR) is 34.7 cm³/mol. The van der Waals surface area contributed by atoms with Gasteiger partial charge in [-0.25, -0.2) is 0 Å². The summed E-state index contributed by atoms with van der Waals surface area (Å²) in [6, 6.07) is 0. The summed E-state index contributed by atoms with van der Waals surface area (Å²) in [5.74, 6) is 3.29. The molecule has 0 aromatic rings. The monoisotopic (exact) mass is 116 g/mol. The summed E-state index contributed by atoms with van der Waals surface area (Å²) < 4.78 is 0. The second-order valence-electron chi connectivity index (χ2n) is 3.86. The molecule has 0 aliphatic heterocycles. The maximum absolute atomic E-state index is 2.54. The highest BCUT2D eigenvalue weighted by atomic mass is 14.9. The maximum Gasteiger partial charge on any atom is 0.0169 e. The van der Waals surface area contributed by atoms with E-state index >= 15 is 0 Å². The van der Waals surface area contributed by atoms with Crippen LogP contribution in [0.1, 0.15) is 6.42 Å². The van der Waals surface area contributed by atoms with E-state index in [9.17, 15) is 0 Å². The molecule has 1 spiro atoms. The van der Waals surface area contributed by atoms with Gasteiger partial charge in [0.2, 0.25) is 0 Å². The average molecular weight is 116 g/mol. The van der Waals surface area contributed by atoms with Crippen LogP contribution in [-0.2, 0) is 0 Å². The van der Waals surface area contributed by atoms with Crippen LogP contribution in [0.25, 0.3) is 0 Å². The Morgan fingerprint density at radius 1 is 1.44 bits per heavy atom. The highest BCUT2D eigenvalue weighted by Gasteiger charge is 2.86. The van der Waals surface area contributed by atoms with Crippen molar-refractivity contribution in [1.82, 2.24) is 0 Å². The molecule has 2 saturated carbocycles. The van der Waals surface area contributed by atoms with E-state index in [2.05, 4.69) is 18.2 Å². The van der Waals surface area contributed by atoms with Gasteiger partial charge in [-0.15, -0.1) is 0 Å². The lowest BCUT2D eigenvalue weighted by Gasteiger charge is -2.08. The van der Waals surface area contributed by atoms with Gasteiger partial charge in [-0.2, -0.15) is 0 Å².